The van der Waals surface area contributed by atoms with E-state index in [1.807, 2.05) is 36.4 Å². The van der Waals surface area contributed by atoms with Crippen molar-refractivity contribution >= 4 is 29.1 Å². The first kappa shape index (κ1) is 31.5. The third-order valence-electron chi connectivity index (χ3n) is 8.15. The van der Waals surface area contributed by atoms with E-state index in [-0.39, 0.29) is 27.7 Å². The Morgan fingerprint density at radius 1 is 0.814 bits per heavy atom. The van der Waals surface area contributed by atoms with Gasteiger partial charge >= 0.3 is 11.9 Å². The second-order valence-corrected chi connectivity index (χ2v) is 11.4. The van der Waals surface area contributed by atoms with E-state index in [4.69, 9.17) is 31.6 Å². The Balaban J connectivity index is 1.32. The fraction of sp³-hybridized carbons (Fsp3) is 0.333. The Bertz CT molecular complexity index is 1540. The number of esters is 2. The number of hydrogen-bond acceptors (Lipinski definition) is 6. The van der Waals surface area contributed by atoms with Crippen molar-refractivity contribution < 1.29 is 19.1 Å². The van der Waals surface area contributed by atoms with Gasteiger partial charge < -0.3 is 9.47 Å². The molecular formula is C36H35ClN2O4. The predicted molar refractivity (Wildman–Crippen MR) is 167 cm³/mol. The van der Waals surface area contributed by atoms with Gasteiger partial charge in [0, 0.05) is 6.07 Å². The minimum atomic E-state index is -0.678. The average Bonchev–Trinajstić information content (AvgIpc) is 3.02. The molecule has 1 saturated carbocycles. The van der Waals surface area contributed by atoms with Crippen molar-refractivity contribution in [2.75, 3.05) is 0 Å². The number of allylic oxidation sites excluding steroid dienone is 2. The van der Waals surface area contributed by atoms with Crippen molar-refractivity contribution in [2.24, 2.45) is 5.92 Å². The summed E-state index contributed by atoms with van der Waals surface area (Å²) in [5.41, 5.74) is 3.04. The molecule has 4 rings (SSSR count). The molecule has 3 aromatic rings. The number of nitriles is 2. The lowest BCUT2D eigenvalue weighted by Crippen LogP contribution is -2.14. The summed E-state index contributed by atoms with van der Waals surface area (Å²) in [6, 6.07) is 22.2. The first-order valence-corrected chi connectivity index (χ1v) is 15.2. The smallest absolute Gasteiger partial charge is 0.345 e. The van der Waals surface area contributed by atoms with Crippen molar-refractivity contribution in [1.82, 2.24) is 0 Å². The standard InChI is InChI=1S/C36H35ClN2O4/c1-3-4-5-6-25-7-9-27(10-8-25)28-11-13-29(14-12-28)35(40)43-32-19-20-33(34(37)21-32)36(41)42-31-17-15-26(16-18-31)24(2)30(22-38)23-39/h11-21,25,27H,3-10H2,1-2H3/t25-,27-. The van der Waals surface area contributed by atoms with Crippen LogP contribution in [0.4, 0.5) is 0 Å². The van der Waals surface area contributed by atoms with Crippen LogP contribution in [0.25, 0.3) is 5.57 Å². The fourth-order valence-corrected chi connectivity index (χ4v) is 5.77. The van der Waals surface area contributed by atoms with Crippen LogP contribution in [-0.4, -0.2) is 11.9 Å². The Kier molecular flexibility index (Phi) is 11.1. The molecule has 0 spiro atoms. The van der Waals surface area contributed by atoms with Crippen molar-refractivity contribution in [3.05, 3.63) is 99.6 Å². The van der Waals surface area contributed by atoms with Gasteiger partial charge in [0.05, 0.1) is 16.1 Å². The molecule has 3 aromatic carbocycles. The molecule has 0 N–H and O–H groups in total. The summed E-state index contributed by atoms with van der Waals surface area (Å²) >= 11 is 6.35. The average molecular weight is 595 g/mol. The van der Waals surface area contributed by atoms with E-state index in [1.54, 1.807) is 31.2 Å². The highest BCUT2D eigenvalue weighted by atomic mass is 35.5. The monoisotopic (exact) mass is 594 g/mol. The number of nitrogens with zero attached hydrogens (tertiary/aromatic N) is 2. The van der Waals surface area contributed by atoms with Gasteiger partial charge in [-0.25, -0.2) is 9.59 Å². The summed E-state index contributed by atoms with van der Waals surface area (Å²) in [5, 5.41) is 18.2. The molecule has 220 valence electrons. The number of carbonyl (C=O) groups excluding carboxylic acids is 2. The van der Waals surface area contributed by atoms with E-state index in [1.165, 1.54) is 75.1 Å². The Morgan fingerprint density at radius 2 is 1.42 bits per heavy atom. The van der Waals surface area contributed by atoms with E-state index >= 15 is 0 Å². The third kappa shape index (κ3) is 8.34. The van der Waals surface area contributed by atoms with Crippen LogP contribution < -0.4 is 9.47 Å². The van der Waals surface area contributed by atoms with Gasteiger partial charge in [-0.15, -0.1) is 0 Å². The van der Waals surface area contributed by atoms with Crippen LogP contribution in [0.1, 0.15) is 103 Å². The maximum atomic E-state index is 12.8. The van der Waals surface area contributed by atoms with Gasteiger partial charge in [-0.3, -0.25) is 0 Å². The lowest BCUT2D eigenvalue weighted by molar-refractivity contribution is 0.0730. The van der Waals surface area contributed by atoms with E-state index in [0.717, 1.165) is 5.92 Å². The van der Waals surface area contributed by atoms with Gasteiger partial charge in [-0.05, 0) is 97.5 Å². The zero-order chi connectivity index (χ0) is 30.8. The van der Waals surface area contributed by atoms with Crippen molar-refractivity contribution in [2.45, 2.75) is 71.1 Å². The van der Waals surface area contributed by atoms with Crippen LogP contribution in [0.2, 0.25) is 5.02 Å². The summed E-state index contributed by atoms with van der Waals surface area (Å²) in [7, 11) is 0. The van der Waals surface area contributed by atoms with Gasteiger partial charge in [-0.2, -0.15) is 10.5 Å². The summed E-state index contributed by atoms with van der Waals surface area (Å²) in [5.74, 6) is 0.700. The zero-order valence-electron chi connectivity index (χ0n) is 24.6. The molecular weight excluding hydrogens is 560 g/mol. The largest absolute Gasteiger partial charge is 0.423 e. The van der Waals surface area contributed by atoms with E-state index in [0.29, 0.717) is 22.6 Å². The van der Waals surface area contributed by atoms with Crippen LogP contribution in [0.15, 0.2) is 72.3 Å². The highest BCUT2D eigenvalue weighted by molar-refractivity contribution is 6.33. The lowest BCUT2D eigenvalue weighted by atomic mass is 9.77. The number of hydrogen-bond donors (Lipinski definition) is 0. The molecule has 1 aliphatic rings. The number of halogens is 1. The molecule has 0 aliphatic heterocycles. The molecule has 7 heteroatoms. The molecule has 0 aromatic heterocycles. The highest BCUT2D eigenvalue weighted by Crippen LogP contribution is 2.38. The summed E-state index contributed by atoms with van der Waals surface area (Å²) in [6.45, 7) is 3.92. The first-order valence-electron chi connectivity index (χ1n) is 14.8. The Morgan fingerprint density at radius 3 is 2.02 bits per heavy atom. The minimum absolute atomic E-state index is 0.0138. The van der Waals surface area contributed by atoms with Crippen molar-refractivity contribution in [1.29, 1.82) is 10.5 Å². The molecule has 6 nitrogen and oxygen atoms in total. The third-order valence-corrected chi connectivity index (χ3v) is 8.46. The molecule has 43 heavy (non-hydrogen) atoms. The maximum absolute atomic E-state index is 12.8. The van der Waals surface area contributed by atoms with Crippen LogP contribution in [-0.2, 0) is 0 Å². The van der Waals surface area contributed by atoms with Gasteiger partial charge in [0.1, 0.15) is 29.2 Å². The van der Waals surface area contributed by atoms with Gasteiger partial charge in [0.2, 0.25) is 0 Å². The summed E-state index contributed by atoms with van der Waals surface area (Å²) in [6.07, 6.45) is 10.2. The highest BCUT2D eigenvalue weighted by Gasteiger charge is 2.22. The fourth-order valence-electron chi connectivity index (χ4n) is 5.52. The molecule has 0 amide bonds. The normalized spacial score (nSPS) is 15.9. The molecule has 0 radical (unpaired) electrons. The second-order valence-electron chi connectivity index (χ2n) is 11.0. The topological polar surface area (TPSA) is 100 Å². The van der Waals surface area contributed by atoms with Crippen LogP contribution >= 0.6 is 11.6 Å². The maximum Gasteiger partial charge on any atom is 0.345 e. The molecule has 1 fully saturated rings. The molecule has 0 bridgehead atoms. The van der Waals surface area contributed by atoms with Crippen LogP contribution in [0.5, 0.6) is 11.5 Å². The predicted octanol–water partition coefficient (Wildman–Crippen LogP) is 9.45. The molecule has 0 heterocycles. The molecule has 0 unspecified atom stereocenters. The zero-order valence-corrected chi connectivity index (χ0v) is 25.3. The van der Waals surface area contributed by atoms with Crippen molar-refractivity contribution in [3.8, 4) is 23.6 Å². The summed E-state index contributed by atoms with van der Waals surface area (Å²) in [4.78, 5) is 25.5. The van der Waals surface area contributed by atoms with E-state index in [9.17, 15) is 9.59 Å². The first-order chi connectivity index (χ1) is 20.8. The Labute approximate surface area is 258 Å². The number of benzene rings is 3. The van der Waals surface area contributed by atoms with Crippen LogP contribution in [0, 0.1) is 28.6 Å². The van der Waals surface area contributed by atoms with E-state index in [2.05, 4.69) is 6.92 Å². The SMILES string of the molecule is CCCCC[C@H]1CC[C@H](c2ccc(C(=O)Oc3ccc(C(=O)Oc4ccc(C(C)=C(C#N)C#N)cc4)c(Cl)c3)cc2)CC1. The van der Waals surface area contributed by atoms with Gasteiger partial charge in [0.15, 0.2) is 0 Å². The van der Waals surface area contributed by atoms with Crippen LogP contribution in [0.3, 0.4) is 0 Å². The quantitative estimate of drug-likeness (QED) is 0.100. The molecule has 1 aliphatic carbocycles. The van der Waals surface area contributed by atoms with Crippen molar-refractivity contribution in [3.63, 3.8) is 0 Å². The lowest BCUT2D eigenvalue weighted by Gasteiger charge is -2.29. The van der Waals surface area contributed by atoms with Gasteiger partial charge in [0.25, 0.3) is 0 Å². The number of ether oxygens (including phenoxy) is 2. The Hall–Kier alpha value is -4.39. The summed E-state index contributed by atoms with van der Waals surface area (Å²) < 4.78 is 11.0. The minimum Gasteiger partial charge on any atom is -0.423 e. The molecule has 0 atom stereocenters. The number of carbonyl (C=O) groups is 2. The van der Waals surface area contributed by atoms with Gasteiger partial charge in [-0.1, -0.05) is 68.5 Å². The second kappa shape index (κ2) is 15.2. The van der Waals surface area contributed by atoms with E-state index < -0.39 is 11.9 Å². The molecule has 0 saturated heterocycles. The number of rotatable bonds is 10. The number of unbranched alkanes of at least 4 members (excludes halogenated alkanes) is 2.